The molecular weight excluding hydrogens is 422 g/mol. The second-order valence-electron chi connectivity index (χ2n) is 9.53. The Morgan fingerprint density at radius 3 is 2.44 bits per heavy atom. The Kier molecular flexibility index (Phi) is 5.67. The summed E-state index contributed by atoms with van der Waals surface area (Å²) in [6, 6.07) is 16.4. The van der Waals surface area contributed by atoms with Crippen LogP contribution < -0.4 is 0 Å². The molecule has 1 fully saturated rings. The van der Waals surface area contributed by atoms with Gasteiger partial charge in [0.05, 0.1) is 29.3 Å². The normalized spacial score (nSPS) is 16.2. The van der Waals surface area contributed by atoms with Gasteiger partial charge in [0.1, 0.15) is 5.82 Å². The zero-order chi connectivity index (χ0) is 23.8. The van der Waals surface area contributed by atoms with Gasteiger partial charge >= 0.3 is 0 Å². The highest BCUT2D eigenvalue weighted by atomic mass is 16.2. The Labute approximate surface area is 199 Å². The first-order valence-corrected chi connectivity index (χ1v) is 11.8. The van der Waals surface area contributed by atoms with E-state index in [0.717, 1.165) is 65.4 Å². The number of fused-ring (bicyclic) bond motifs is 1. The molecular formula is C28H27N5O. The monoisotopic (exact) mass is 449 g/mol. The first-order chi connectivity index (χ1) is 16.5. The largest absolute Gasteiger partial charge is 0.342 e. The third kappa shape index (κ3) is 3.97. The average Bonchev–Trinajstić information content (AvgIpc) is 3.43. The number of hydrogen-bond acceptors (Lipinski definition) is 4. The maximum atomic E-state index is 13.5. The number of carbonyl (C=O) groups excluding carboxylic acids is 1. The quantitative estimate of drug-likeness (QED) is 0.620. The van der Waals surface area contributed by atoms with Gasteiger partial charge in [-0.15, -0.1) is 0 Å². The van der Waals surface area contributed by atoms with E-state index in [2.05, 4.69) is 23.2 Å². The van der Waals surface area contributed by atoms with Crippen molar-refractivity contribution in [1.82, 2.24) is 14.9 Å². The molecule has 170 valence electrons. The Morgan fingerprint density at radius 2 is 1.79 bits per heavy atom. The highest BCUT2D eigenvalue weighted by Crippen LogP contribution is 2.32. The lowest BCUT2D eigenvalue weighted by Gasteiger charge is -2.32. The van der Waals surface area contributed by atoms with Crippen molar-refractivity contribution in [3.63, 3.8) is 0 Å². The summed E-state index contributed by atoms with van der Waals surface area (Å²) >= 11 is 0. The molecule has 2 aliphatic rings. The first kappa shape index (κ1) is 21.9. The lowest BCUT2D eigenvalue weighted by atomic mass is 9.88. The predicted octanol–water partition coefficient (Wildman–Crippen LogP) is 4.82. The van der Waals surface area contributed by atoms with Gasteiger partial charge in [0.15, 0.2) is 0 Å². The van der Waals surface area contributed by atoms with Gasteiger partial charge in [-0.2, -0.15) is 10.5 Å². The molecule has 1 aliphatic carbocycles. The Hall–Kier alpha value is -3.90. The fourth-order valence-corrected chi connectivity index (χ4v) is 5.31. The van der Waals surface area contributed by atoms with Gasteiger partial charge in [-0.1, -0.05) is 18.2 Å². The summed E-state index contributed by atoms with van der Waals surface area (Å²) in [6.07, 6.45) is 3.23. The molecule has 0 bridgehead atoms. The highest BCUT2D eigenvalue weighted by Gasteiger charge is 2.28. The summed E-state index contributed by atoms with van der Waals surface area (Å²) in [5.41, 5.74) is 7.66. The lowest BCUT2D eigenvalue weighted by Crippen LogP contribution is -2.38. The van der Waals surface area contributed by atoms with Gasteiger partial charge < -0.3 is 9.88 Å². The van der Waals surface area contributed by atoms with Crippen LogP contribution in [0.25, 0.3) is 11.4 Å². The van der Waals surface area contributed by atoms with Crippen LogP contribution in [0.1, 0.15) is 62.8 Å². The molecule has 1 atom stereocenters. The van der Waals surface area contributed by atoms with Crippen molar-refractivity contribution in [2.24, 2.45) is 5.92 Å². The maximum absolute atomic E-state index is 13.5. The van der Waals surface area contributed by atoms with Gasteiger partial charge in [-0.3, -0.25) is 4.79 Å². The summed E-state index contributed by atoms with van der Waals surface area (Å²) in [4.78, 5) is 23.6. The van der Waals surface area contributed by atoms with E-state index in [1.54, 1.807) is 0 Å². The number of aromatic amines is 1. The SMILES string of the molecule is Cc1cc(C)c(-c2nc3c([nH]2)CC(C#N)C3)cc1C(=O)N1CCC(c2ccc(C#N)cc2)CC1. The molecule has 1 aromatic heterocycles. The van der Waals surface area contributed by atoms with Crippen LogP contribution in [0, 0.1) is 42.4 Å². The van der Waals surface area contributed by atoms with Crippen molar-refractivity contribution in [2.45, 2.75) is 45.4 Å². The van der Waals surface area contributed by atoms with E-state index >= 15 is 0 Å². The van der Waals surface area contributed by atoms with Crippen LogP contribution in [-0.2, 0) is 12.8 Å². The number of hydrogen-bond donors (Lipinski definition) is 1. The van der Waals surface area contributed by atoms with E-state index in [0.29, 0.717) is 24.3 Å². The van der Waals surface area contributed by atoms with Crippen LogP contribution in [0.5, 0.6) is 0 Å². The van der Waals surface area contributed by atoms with Crippen LogP contribution in [0.3, 0.4) is 0 Å². The van der Waals surface area contributed by atoms with Crippen molar-refractivity contribution < 1.29 is 4.79 Å². The first-order valence-electron chi connectivity index (χ1n) is 11.8. The minimum atomic E-state index is 0.00580. The summed E-state index contributed by atoms with van der Waals surface area (Å²) in [6.45, 7) is 5.48. The molecule has 0 radical (unpaired) electrons. The molecule has 0 saturated carbocycles. The lowest BCUT2D eigenvalue weighted by molar-refractivity contribution is 0.0712. The molecule has 1 saturated heterocycles. The van der Waals surface area contributed by atoms with Crippen LogP contribution in [0.2, 0.25) is 0 Å². The van der Waals surface area contributed by atoms with E-state index in [4.69, 9.17) is 10.2 Å². The van der Waals surface area contributed by atoms with E-state index in [1.807, 2.05) is 49.1 Å². The fraction of sp³-hybridized carbons (Fsp3) is 0.357. The number of piperidine rings is 1. The molecule has 34 heavy (non-hydrogen) atoms. The van der Waals surface area contributed by atoms with Gasteiger partial charge in [-0.05, 0) is 67.5 Å². The van der Waals surface area contributed by atoms with Gasteiger partial charge in [0, 0.05) is 42.8 Å². The third-order valence-electron chi connectivity index (χ3n) is 7.29. The predicted molar refractivity (Wildman–Crippen MR) is 129 cm³/mol. The van der Waals surface area contributed by atoms with Crippen LogP contribution in [0.15, 0.2) is 36.4 Å². The molecule has 6 nitrogen and oxygen atoms in total. The number of rotatable bonds is 3. The second kappa shape index (κ2) is 8.80. The number of likely N-dealkylation sites (tertiary alicyclic amines) is 1. The number of benzene rings is 2. The average molecular weight is 450 g/mol. The van der Waals surface area contributed by atoms with Crippen molar-refractivity contribution in [1.29, 1.82) is 10.5 Å². The smallest absolute Gasteiger partial charge is 0.254 e. The van der Waals surface area contributed by atoms with Crippen molar-refractivity contribution >= 4 is 5.91 Å². The van der Waals surface area contributed by atoms with E-state index in [1.165, 1.54) is 5.56 Å². The number of aryl methyl sites for hydroxylation is 2. The summed E-state index contributed by atoms with van der Waals surface area (Å²) in [5, 5.41) is 18.2. The Morgan fingerprint density at radius 1 is 1.06 bits per heavy atom. The van der Waals surface area contributed by atoms with Gasteiger partial charge in [0.2, 0.25) is 0 Å². The molecule has 2 heterocycles. The number of amides is 1. The van der Waals surface area contributed by atoms with Gasteiger partial charge in [0.25, 0.3) is 5.91 Å². The topological polar surface area (TPSA) is 96.6 Å². The standard InChI is InChI=1S/C28H27N5O/c1-17-11-18(2)24(14-23(17)27-31-25-12-20(16-30)13-26(25)32-27)28(34)33-9-7-22(8-10-33)21-5-3-19(15-29)4-6-21/h3-6,11,14,20,22H,7-10,12-13H2,1-2H3,(H,31,32). The number of aromatic nitrogens is 2. The van der Waals surface area contributed by atoms with Crippen molar-refractivity contribution in [3.8, 4) is 23.5 Å². The molecule has 2 aromatic carbocycles. The zero-order valence-corrected chi connectivity index (χ0v) is 19.6. The fourth-order valence-electron chi connectivity index (χ4n) is 5.31. The van der Waals surface area contributed by atoms with Crippen molar-refractivity contribution in [2.75, 3.05) is 13.1 Å². The number of imidazole rings is 1. The van der Waals surface area contributed by atoms with E-state index in [9.17, 15) is 10.1 Å². The molecule has 1 unspecified atom stereocenters. The Balaban J connectivity index is 1.33. The number of nitrogens with one attached hydrogen (secondary N) is 1. The second-order valence-corrected chi connectivity index (χ2v) is 9.53. The summed E-state index contributed by atoms with van der Waals surface area (Å²) < 4.78 is 0. The van der Waals surface area contributed by atoms with Crippen LogP contribution in [0.4, 0.5) is 0 Å². The Bertz CT molecular complexity index is 1310. The van der Waals surface area contributed by atoms with E-state index < -0.39 is 0 Å². The zero-order valence-electron chi connectivity index (χ0n) is 19.6. The summed E-state index contributed by atoms with van der Waals surface area (Å²) in [7, 11) is 0. The third-order valence-corrected chi connectivity index (χ3v) is 7.29. The number of nitrogens with zero attached hydrogens (tertiary/aromatic N) is 4. The maximum Gasteiger partial charge on any atom is 0.254 e. The number of nitriles is 2. The van der Waals surface area contributed by atoms with Crippen LogP contribution >= 0.6 is 0 Å². The molecule has 3 aromatic rings. The number of carbonyl (C=O) groups is 1. The minimum Gasteiger partial charge on any atom is -0.342 e. The molecule has 5 rings (SSSR count). The molecule has 1 aliphatic heterocycles. The number of H-pyrrole nitrogens is 1. The molecule has 0 spiro atoms. The minimum absolute atomic E-state index is 0.00580. The van der Waals surface area contributed by atoms with Crippen molar-refractivity contribution in [3.05, 3.63) is 75.6 Å². The highest BCUT2D eigenvalue weighted by molar-refractivity contribution is 5.97. The summed E-state index contributed by atoms with van der Waals surface area (Å²) in [5.74, 6) is 1.27. The molecule has 1 N–H and O–H groups in total. The molecule has 6 heteroatoms. The van der Waals surface area contributed by atoms with Gasteiger partial charge in [-0.25, -0.2) is 4.98 Å². The molecule has 1 amide bonds. The van der Waals surface area contributed by atoms with Crippen LogP contribution in [-0.4, -0.2) is 33.9 Å². The van der Waals surface area contributed by atoms with E-state index in [-0.39, 0.29) is 11.8 Å².